The van der Waals surface area contributed by atoms with Gasteiger partial charge in [0.05, 0.1) is 6.07 Å². The number of hydrogen-bond acceptors (Lipinski definition) is 2. The number of hydrogen-bond donors (Lipinski definition) is 1. The Labute approximate surface area is 68.9 Å². The summed E-state index contributed by atoms with van der Waals surface area (Å²) in [5.41, 5.74) is 0. The molecule has 11 heavy (non-hydrogen) atoms. The van der Waals surface area contributed by atoms with Gasteiger partial charge in [0, 0.05) is 18.8 Å². The lowest BCUT2D eigenvalue weighted by Crippen LogP contribution is -2.05. The highest BCUT2D eigenvalue weighted by Gasteiger charge is 1.83. The summed E-state index contributed by atoms with van der Waals surface area (Å²) in [4.78, 5) is 0. The molecule has 0 heterocycles. The van der Waals surface area contributed by atoms with Crippen LogP contribution in [0.25, 0.3) is 0 Å². The third-order valence-electron chi connectivity index (χ3n) is 1.45. The van der Waals surface area contributed by atoms with Gasteiger partial charge < -0.3 is 5.32 Å². The van der Waals surface area contributed by atoms with Crippen molar-refractivity contribution in [3.8, 4) is 6.07 Å². The summed E-state index contributed by atoms with van der Waals surface area (Å²) in [7, 11) is 0. The van der Waals surface area contributed by atoms with E-state index >= 15 is 0 Å². The second kappa shape index (κ2) is 9.03. The summed E-state index contributed by atoms with van der Waals surface area (Å²) in [6.45, 7) is 3.18. The second-order valence-corrected chi connectivity index (χ2v) is 2.48. The molecule has 0 aliphatic carbocycles. The lowest BCUT2D eigenvalue weighted by molar-refractivity contribution is 0.646. The number of nitriles is 1. The molecule has 62 valence electrons. The summed E-state index contributed by atoms with van der Waals surface area (Å²) in [6.07, 6.45) is 8.22. The molecular weight excluding hydrogens is 136 g/mol. The van der Waals surface area contributed by atoms with Gasteiger partial charge in [0.1, 0.15) is 0 Å². The zero-order valence-electron chi connectivity index (χ0n) is 7.14. The van der Waals surface area contributed by atoms with Gasteiger partial charge in [-0.3, -0.25) is 0 Å². The zero-order chi connectivity index (χ0) is 8.36. The minimum atomic E-state index is 0.984. The van der Waals surface area contributed by atoms with Crippen LogP contribution in [0.1, 0.15) is 32.6 Å². The summed E-state index contributed by atoms with van der Waals surface area (Å²) in [5, 5.41) is 11.2. The molecule has 0 aliphatic rings. The molecule has 2 nitrogen and oxygen atoms in total. The van der Waals surface area contributed by atoms with Crippen LogP contribution in [0.15, 0.2) is 12.3 Å². The maximum Gasteiger partial charge on any atom is 0.0927 e. The van der Waals surface area contributed by atoms with Crippen LogP contribution in [0.5, 0.6) is 0 Å². The fraction of sp³-hybridized carbons (Fsp3) is 0.667. The standard InChI is InChI=1S/C9H16N2/c1-2-3-4-5-8-11-9-6-7-10/h6,9,11H,2-5,8H2,1H3/b9-6+. The van der Waals surface area contributed by atoms with Crippen molar-refractivity contribution in [2.75, 3.05) is 6.54 Å². The summed E-state index contributed by atoms with van der Waals surface area (Å²) in [5.74, 6) is 0. The average Bonchev–Trinajstić information content (AvgIpc) is 2.03. The largest absolute Gasteiger partial charge is 0.390 e. The van der Waals surface area contributed by atoms with E-state index in [2.05, 4.69) is 12.2 Å². The molecule has 0 atom stereocenters. The minimum absolute atomic E-state index is 0.984. The SMILES string of the molecule is CCCCCCN/C=C/C#N. The Kier molecular flexibility index (Phi) is 8.23. The van der Waals surface area contributed by atoms with Gasteiger partial charge in [-0.25, -0.2) is 0 Å². The van der Waals surface area contributed by atoms with Gasteiger partial charge in [0.25, 0.3) is 0 Å². The number of nitrogens with zero attached hydrogens (tertiary/aromatic N) is 1. The molecule has 0 spiro atoms. The van der Waals surface area contributed by atoms with Crippen LogP contribution in [0, 0.1) is 11.3 Å². The number of rotatable bonds is 6. The molecule has 0 unspecified atom stereocenters. The molecule has 0 fully saturated rings. The molecule has 2 heteroatoms. The van der Waals surface area contributed by atoms with Gasteiger partial charge in [-0.05, 0) is 6.42 Å². The molecule has 1 N–H and O–H groups in total. The quantitative estimate of drug-likeness (QED) is 0.468. The van der Waals surface area contributed by atoms with E-state index in [1.807, 2.05) is 6.07 Å². The first-order valence-electron chi connectivity index (χ1n) is 4.19. The van der Waals surface area contributed by atoms with Gasteiger partial charge in [0.15, 0.2) is 0 Å². The highest BCUT2D eigenvalue weighted by Crippen LogP contribution is 1.96. The van der Waals surface area contributed by atoms with Crippen molar-refractivity contribution in [2.24, 2.45) is 0 Å². The number of unbranched alkanes of at least 4 members (excludes halogenated alkanes) is 3. The van der Waals surface area contributed by atoms with Gasteiger partial charge in [0.2, 0.25) is 0 Å². The summed E-state index contributed by atoms with van der Waals surface area (Å²) in [6, 6.07) is 1.93. The van der Waals surface area contributed by atoms with Crippen molar-refractivity contribution in [2.45, 2.75) is 32.6 Å². The fourth-order valence-corrected chi connectivity index (χ4v) is 0.833. The first-order valence-corrected chi connectivity index (χ1v) is 4.19. The van der Waals surface area contributed by atoms with Gasteiger partial charge >= 0.3 is 0 Å². The Bertz CT molecular complexity index is 133. The second-order valence-electron chi connectivity index (χ2n) is 2.48. The topological polar surface area (TPSA) is 35.8 Å². The van der Waals surface area contributed by atoms with E-state index in [4.69, 9.17) is 5.26 Å². The van der Waals surface area contributed by atoms with Crippen LogP contribution in [0.3, 0.4) is 0 Å². The normalized spacial score (nSPS) is 9.82. The maximum atomic E-state index is 8.13. The molecule has 0 aromatic heterocycles. The van der Waals surface area contributed by atoms with E-state index in [0.29, 0.717) is 0 Å². The average molecular weight is 152 g/mol. The van der Waals surface area contributed by atoms with Gasteiger partial charge in [-0.15, -0.1) is 0 Å². The minimum Gasteiger partial charge on any atom is -0.390 e. The Morgan fingerprint density at radius 3 is 2.82 bits per heavy atom. The molecule has 0 radical (unpaired) electrons. The Hall–Kier alpha value is -0.970. The predicted molar refractivity (Wildman–Crippen MR) is 46.9 cm³/mol. The predicted octanol–water partition coefficient (Wildman–Crippen LogP) is 2.19. The van der Waals surface area contributed by atoms with Gasteiger partial charge in [-0.1, -0.05) is 26.2 Å². The monoisotopic (exact) mass is 152 g/mol. The van der Waals surface area contributed by atoms with Crippen LogP contribution in [-0.4, -0.2) is 6.54 Å². The Balaban J connectivity index is 2.92. The van der Waals surface area contributed by atoms with Crippen molar-refractivity contribution >= 4 is 0 Å². The summed E-state index contributed by atoms with van der Waals surface area (Å²) >= 11 is 0. The van der Waals surface area contributed by atoms with E-state index in [9.17, 15) is 0 Å². The van der Waals surface area contributed by atoms with E-state index in [-0.39, 0.29) is 0 Å². The molecule has 0 amide bonds. The smallest absolute Gasteiger partial charge is 0.0927 e. The van der Waals surface area contributed by atoms with Crippen LogP contribution >= 0.6 is 0 Å². The van der Waals surface area contributed by atoms with E-state index in [1.165, 1.54) is 31.8 Å². The highest BCUT2D eigenvalue weighted by atomic mass is 14.8. The van der Waals surface area contributed by atoms with Crippen molar-refractivity contribution < 1.29 is 0 Å². The van der Waals surface area contributed by atoms with Crippen molar-refractivity contribution in [1.82, 2.24) is 5.32 Å². The third kappa shape index (κ3) is 9.03. The lowest BCUT2D eigenvalue weighted by Gasteiger charge is -1.98. The first kappa shape index (κ1) is 10.0. The third-order valence-corrected chi connectivity index (χ3v) is 1.45. The number of nitrogens with one attached hydrogen (secondary N) is 1. The maximum absolute atomic E-state index is 8.13. The van der Waals surface area contributed by atoms with E-state index in [1.54, 1.807) is 6.20 Å². The van der Waals surface area contributed by atoms with Crippen LogP contribution in [-0.2, 0) is 0 Å². The van der Waals surface area contributed by atoms with Crippen LogP contribution in [0.4, 0.5) is 0 Å². The fourth-order valence-electron chi connectivity index (χ4n) is 0.833. The lowest BCUT2D eigenvalue weighted by atomic mass is 10.2. The molecule has 0 aliphatic heterocycles. The Morgan fingerprint density at radius 2 is 2.18 bits per heavy atom. The summed E-state index contributed by atoms with van der Waals surface area (Å²) < 4.78 is 0. The molecule has 0 aromatic rings. The molecular formula is C9H16N2. The zero-order valence-corrected chi connectivity index (χ0v) is 7.14. The van der Waals surface area contributed by atoms with Crippen molar-refractivity contribution in [1.29, 1.82) is 5.26 Å². The molecule has 0 saturated carbocycles. The molecule has 0 rings (SSSR count). The molecule has 0 saturated heterocycles. The first-order chi connectivity index (χ1) is 5.41. The van der Waals surface area contributed by atoms with Crippen LogP contribution in [0.2, 0.25) is 0 Å². The Morgan fingerprint density at radius 1 is 1.36 bits per heavy atom. The molecule has 0 aromatic carbocycles. The van der Waals surface area contributed by atoms with Crippen molar-refractivity contribution in [3.05, 3.63) is 12.3 Å². The highest BCUT2D eigenvalue weighted by molar-refractivity contribution is 5.00. The van der Waals surface area contributed by atoms with Crippen molar-refractivity contribution in [3.63, 3.8) is 0 Å². The van der Waals surface area contributed by atoms with E-state index in [0.717, 1.165) is 6.54 Å². The number of allylic oxidation sites excluding steroid dienone is 1. The van der Waals surface area contributed by atoms with Crippen LogP contribution < -0.4 is 5.32 Å². The van der Waals surface area contributed by atoms with E-state index < -0.39 is 0 Å². The van der Waals surface area contributed by atoms with Gasteiger partial charge in [-0.2, -0.15) is 5.26 Å². The molecule has 0 bridgehead atoms.